The molecule has 1 unspecified atom stereocenters. The van der Waals surface area contributed by atoms with Gasteiger partial charge in [-0.15, -0.1) is 0 Å². The minimum atomic E-state index is -0.791. The summed E-state index contributed by atoms with van der Waals surface area (Å²) in [6.07, 6.45) is 1.40. The summed E-state index contributed by atoms with van der Waals surface area (Å²) in [7, 11) is 0. The Hall–Kier alpha value is -1.10. The normalized spacial score (nSPS) is 18.7. The molecule has 0 radical (unpaired) electrons. The van der Waals surface area contributed by atoms with E-state index in [1.807, 2.05) is 11.8 Å². The van der Waals surface area contributed by atoms with Gasteiger partial charge in [-0.25, -0.2) is 0 Å². The molecule has 0 aromatic rings. The van der Waals surface area contributed by atoms with Crippen molar-refractivity contribution in [3.05, 3.63) is 0 Å². The van der Waals surface area contributed by atoms with E-state index in [2.05, 4.69) is 11.8 Å². The zero-order valence-electron chi connectivity index (χ0n) is 11.4. The third kappa shape index (κ3) is 4.29. The van der Waals surface area contributed by atoms with Crippen molar-refractivity contribution in [3.8, 4) is 0 Å². The molecule has 1 aliphatic heterocycles. The SMILES string of the molecule is CCC(CCC(=O)N1CCN(CC)CC1)C(=O)O. The minimum absolute atomic E-state index is 0.102. The zero-order chi connectivity index (χ0) is 13.5. The van der Waals surface area contributed by atoms with Crippen molar-refractivity contribution in [1.29, 1.82) is 0 Å². The van der Waals surface area contributed by atoms with Crippen LogP contribution in [0.1, 0.15) is 33.1 Å². The maximum Gasteiger partial charge on any atom is 0.306 e. The van der Waals surface area contributed by atoms with Crippen LogP contribution in [0.15, 0.2) is 0 Å². The summed E-state index contributed by atoms with van der Waals surface area (Å²) in [5.74, 6) is -1.07. The third-order valence-electron chi connectivity index (χ3n) is 3.72. The van der Waals surface area contributed by atoms with Crippen LogP contribution >= 0.6 is 0 Å². The monoisotopic (exact) mass is 256 g/mol. The highest BCUT2D eigenvalue weighted by molar-refractivity contribution is 5.77. The second-order valence-corrected chi connectivity index (χ2v) is 4.80. The van der Waals surface area contributed by atoms with E-state index in [0.29, 0.717) is 19.3 Å². The van der Waals surface area contributed by atoms with Crippen LogP contribution in [0.3, 0.4) is 0 Å². The highest BCUT2D eigenvalue weighted by Crippen LogP contribution is 2.13. The Bertz CT molecular complexity index is 286. The number of carboxylic acid groups (broad SMARTS) is 1. The molecule has 0 aromatic heterocycles. The number of aliphatic carboxylic acids is 1. The van der Waals surface area contributed by atoms with Gasteiger partial charge >= 0.3 is 5.97 Å². The van der Waals surface area contributed by atoms with Crippen LogP contribution in [-0.4, -0.2) is 59.5 Å². The highest BCUT2D eigenvalue weighted by Gasteiger charge is 2.22. The maximum atomic E-state index is 12.0. The number of carboxylic acids is 1. The standard InChI is InChI=1S/C13H24N2O3/c1-3-11(13(17)18)5-6-12(16)15-9-7-14(4-2)8-10-15/h11H,3-10H2,1-2H3,(H,17,18). The van der Waals surface area contributed by atoms with Crippen molar-refractivity contribution < 1.29 is 14.7 Å². The van der Waals surface area contributed by atoms with Crippen LogP contribution in [0.5, 0.6) is 0 Å². The van der Waals surface area contributed by atoms with Gasteiger partial charge in [-0.3, -0.25) is 9.59 Å². The number of piperazine rings is 1. The largest absolute Gasteiger partial charge is 0.481 e. The van der Waals surface area contributed by atoms with Crippen LogP contribution < -0.4 is 0 Å². The van der Waals surface area contributed by atoms with E-state index in [4.69, 9.17) is 5.11 Å². The summed E-state index contributed by atoms with van der Waals surface area (Å²) in [6.45, 7) is 8.41. The molecule has 5 heteroatoms. The Labute approximate surface area is 109 Å². The first-order valence-corrected chi connectivity index (χ1v) is 6.81. The second kappa shape index (κ2) is 7.36. The number of carbonyl (C=O) groups is 2. The van der Waals surface area contributed by atoms with E-state index in [1.165, 1.54) is 0 Å². The average molecular weight is 256 g/mol. The molecule has 0 bridgehead atoms. The number of hydrogen-bond donors (Lipinski definition) is 1. The quantitative estimate of drug-likeness (QED) is 0.771. The molecule has 0 aromatic carbocycles. The van der Waals surface area contributed by atoms with E-state index in [1.54, 1.807) is 0 Å². The van der Waals surface area contributed by atoms with Gasteiger partial charge in [-0.1, -0.05) is 13.8 Å². The predicted molar refractivity (Wildman–Crippen MR) is 69.3 cm³/mol. The molecular formula is C13H24N2O3. The number of rotatable bonds is 6. The van der Waals surface area contributed by atoms with E-state index in [-0.39, 0.29) is 11.8 Å². The maximum absolute atomic E-state index is 12.0. The smallest absolute Gasteiger partial charge is 0.306 e. The molecule has 1 N–H and O–H groups in total. The summed E-state index contributed by atoms with van der Waals surface area (Å²) in [5, 5.41) is 8.93. The van der Waals surface area contributed by atoms with E-state index >= 15 is 0 Å². The molecule has 1 saturated heterocycles. The Morgan fingerprint density at radius 1 is 1.17 bits per heavy atom. The third-order valence-corrected chi connectivity index (χ3v) is 3.72. The summed E-state index contributed by atoms with van der Waals surface area (Å²) in [5.41, 5.74) is 0. The summed E-state index contributed by atoms with van der Waals surface area (Å²) < 4.78 is 0. The van der Waals surface area contributed by atoms with Gasteiger partial charge in [0.2, 0.25) is 5.91 Å². The van der Waals surface area contributed by atoms with Crippen molar-refractivity contribution in [2.75, 3.05) is 32.7 Å². The Morgan fingerprint density at radius 2 is 1.78 bits per heavy atom. The van der Waals surface area contributed by atoms with Gasteiger partial charge < -0.3 is 14.9 Å². The zero-order valence-corrected chi connectivity index (χ0v) is 11.4. The average Bonchev–Trinajstić information content (AvgIpc) is 2.39. The predicted octanol–water partition coefficient (Wildman–Crippen LogP) is 1.04. The Balaban J connectivity index is 2.31. The first-order valence-electron chi connectivity index (χ1n) is 6.81. The van der Waals surface area contributed by atoms with Gasteiger partial charge in [0.25, 0.3) is 0 Å². The van der Waals surface area contributed by atoms with Crippen molar-refractivity contribution in [1.82, 2.24) is 9.80 Å². The lowest BCUT2D eigenvalue weighted by Crippen LogP contribution is -2.48. The van der Waals surface area contributed by atoms with Gasteiger partial charge in [-0.05, 0) is 19.4 Å². The van der Waals surface area contributed by atoms with Gasteiger partial charge in [0.1, 0.15) is 0 Å². The Kier molecular flexibility index (Phi) is 6.12. The van der Waals surface area contributed by atoms with E-state index in [0.717, 1.165) is 32.7 Å². The number of nitrogens with zero attached hydrogens (tertiary/aromatic N) is 2. The molecule has 5 nitrogen and oxygen atoms in total. The van der Waals surface area contributed by atoms with Gasteiger partial charge in [0, 0.05) is 32.6 Å². The van der Waals surface area contributed by atoms with E-state index in [9.17, 15) is 9.59 Å². The fraction of sp³-hybridized carbons (Fsp3) is 0.846. The molecule has 1 aliphatic rings. The fourth-order valence-electron chi connectivity index (χ4n) is 2.27. The van der Waals surface area contributed by atoms with Crippen LogP contribution in [-0.2, 0) is 9.59 Å². The highest BCUT2D eigenvalue weighted by atomic mass is 16.4. The number of hydrogen-bond acceptors (Lipinski definition) is 3. The number of amides is 1. The molecule has 0 aliphatic carbocycles. The van der Waals surface area contributed by atoms with Crippen LogP contribution in [0.25, 0.3) is 0 Å². The lowest BCUT2D eigenvalue weighted by molar-refractivity contribution is -0.142. The molecule has 104 valence electrons. The van der Waals surface area contributed by atoms with Gasteiger partial charge in [0.15, 0.2) is 0 Å². The molecule has 0 spiro atoms. The molecular weight excluding hydrogens is 232 g/mol. The molecule has 1 heterocycles. The molecule has 1 atom stereocenters. The van der Waals surface area contributed by atoms with Crippen molar-refractivity contribution >= 4 is 11.9 Å². The first-order chi connectivity index (χ1) is 8.58. The van der Waals surface area contributed by atoms with Crippen molar-refractivity contribution in [2.45, 2.75) is 33.1 Å². The minimum Gasteiger partial charge on any atom is -0.481 e. The number of likely N-dealkylation sites (N-methyl/N-ethyl adjacent to an activating group) is 1. The summed E-state index contributed by atoms with van der Waals surface area (Å²) in [4.78, 5) is 27.0. The Morgan fingerprint density at radius 3 is 2.22 bits per heavy atom. The molecule has 1 rings (SSSR count). The summed E-state index contributed by atoms with van der Waals surface area (Å²) in [6, 6.07) is 0. The molecule has 1 amide bonds. The lowest BCUT2D eigenvalue weighted by atomic mass is 10.0. The van der Waals surface area contributed by atoms with Gasteiger partial charge in [0.05, 0.1) is 5.92 Å². The van der Waals surface area contributed by atoms with Crippen molar-refractivity contribution in [2.24, 2.45) is 5.92 Å². The fourth-order valence-corrected chi connectivity index (χ4v) is 2.27. The second-order valence-electron chi connectivity index (χ2n) is 4.80. The molecule has 18 heavy (non-hydrogen) atoms. The van der Waals surface area contributed by atoms with Crippen LogP contribution in [0.2, 0.25) is 0 Å². The molecule has 0 saturated carbocycles. The lowest BCUT2D eigenvalue weighted by Gasteiger charge is -2.34. The van der Waals surface area contributed by atoms with Gasteiger partial charge in [-0.2, -0.15) is 0 Å². The van der Waals surface area contributed by atoms with Crippen LogP contribution in [0.4, 0.5) is 0 Å². The first kappa shape index (κ1) is 15.0. The van der Waals surface area contributed by atoms with Crippen LogP contribution in [0, 0.1) is 5.92 Å². The molecule has 1 fully saturated rings. The summed E-state index contributed by atoms with van der Waals surface area (Å²) >= 11 is 0. The van der Waals surface area contributed by atoms with E-state index < -0.39 is 5.97 Å². The number of carbonyl (C=O) groups excluding carboxylic acids is 1. The van der Waals surface area contributed by atoms with Crippen molar-refractivity contribution in [3.63, 3.8) is 0 Å². The topological polar surface area (TPSA) is 60.9 Å².